The van der Waals surface area contributed by atoms with Gasteiger partial charge in [-0.15, -0.1) is 0 Å². The standard InChI is InChI=1S/C50H68N6O6/c1-3-4-5-6-7-8-9-10-11-12-19-28-51-50(61)53-39(34-62-2)31-52-46(57)37-24-26-38(27-25-37)49(60)56-32-42(47(58)54-44-29-40(44)35-20-15-13-16-21-35)43(33-56)48(59)55-45-30-41(45)36-22-17-14-18-23-36/h13-18,20-27,39-45H,3-12,19,28-34H2,1-2H3,(H,52,57)(H,54,58)(H,55,59)(H2,51,53,61)/t39-,40+,41+,42+,43+,44-,45-/m0/s1. The number of likely N-dealkylation sites (tertiary alicyclic amines) is 1. The molecular formula is C50H68N6O6. The van der Waals surface area contributed by atoms with E-state index in [-0.39, 0.29) is 79.8 Å². The molecule has 3 aromatic rings. The van der Waals surface area contributed by atoms with Crippen molar-refractivity contribution in [3.8, 4) is 0 Å². The quantitative estimate of drug-likeness (QED) is 0.0574. The highest BCUT2D eigenvalue weighted by molar-refractivity contribution is 5.99. The number of unbranched alkanes of at least 4 members (excludes halogenated alkanes) is 10. The van der Waals surface area contributed by atoms with Crippen LogP contribution in [0, 0.1) is 11.8 Å². The molecule has 0 bridgehead atoms. The number of nitrogens with one attached hydrogen (secondary N) is 5. The molecule has 1 heterocycles. The summed E-state index contributed by atoms with van der Waals surface area (Å²) in [5.41, 5.74) is 3.05. The normalized spacial score (nSPS) is 21.7. The molecule has 6 amide bonds. The smallest absolute Gasteiger partial charge is 0.315 e. The van der Waals surface area contributed by atoms with E-state index in [0.717, 1.165) is 25.7 Å². The number of carbonyl (C=O) groups excluding carboxylic acids is 5. The van der Waals surface area contributed by atoms with Crippen LogP contribution >= 0.6 is 0 Å². The Kier molecular flexibility index (Phi) is 17.8. The molecule has 0 unspecified atom stereocenters. The number of hydrogen-bond donors (Lipinski definition) is 5. The van der Waals surface area contributed by atoms with Crippen LogP contribution < -0.4 is 26.6 Å². The van der Waals surface area contributed by atoms with Crippen LogP contribution in [0.1, 0.15) is 134 Å². The van der Waals surface area contributed by atoms with Crippen LogP contribution in [0.3, 0.4) is 0 Å². The number of ether oxygens (including phenoxy) is 1. The minimum atomic E-state index is -0.699. The molecule has 0 aromatic heterocycles. The van der Waals surface area contributed by atoms with Crippen LogP contribution in [0.5, 0.6) is 0 Å². The summed E-state index contributed by atoms with van der Waals surface area (Å²) in [5.74, 6) is -2.03. The van der Waals surface area contributed by atoms with Gasteiger partial charge in [0.2, 0.25) is 11.8 Å². The van der Waals surface area contributed by atoms with Crippen molar-refractivity contribution in [3.63, 3.8) is 0 Å². The van der Waals surface area contributed by atoms with Gasteiger partial charge in [0, 0.05) is 68.3 Å². The van der Waals surface area contributed by atoms with E-state index >= 15 is 0 Å². The van der Waals surface area contributed by atoms with Gasteiger partial charge in [-0.25, -0.2) is 4.79 Å². The molecule has 0 spiro atoms. The third-order valence-electron chi connectivity index (χ3n) is 12.6. The van der Waals surface area contributed by atoms with E-state index in [9.17, 15) is 24.0 Å². The van der Waals surface area contributed by atoms with Gasteiger partial charge in [-0.2, -0.15) is 0 Å². The Morgan fingerprint density at radius 3 is 1.61 bits per heavy atom. The Morgan fingerprint density at radius 1 is 0.629 bits per heavy atom. The van der Waals surface area contributed by atoms with Gasteiger partial charge in [0.05, 0.1) is 24.5 Å². The molecule has 12 nitrogen and oxygen atoms in total. The summed E-state index contributed by atoms with van der Waals surface area (Å²) < 4.78 is 5.30. The molecule has 334 valence electrons. The summed E-state index contributed by atoms with van der Waals surface area (Å²) >= 11 is 0. The van der Waals surface area contributed by atoms with Crippen LogP contribution in [0.25, 0.3) is 0 Å². The van der Waals surface area contributed by atoms with E-state index in [2.05, 4.69) is 57.8 Å². The molecule has 6 rings (SSSR count). The fourth-order valence-electron chi connectivity index (χ4n) is 8.77. The summed E-state index contributed by atoms with van der Waals surface area (Å²) in [7, 11) is 1.54. The van der Waals surface area contributed by atoms with Gasteiger partial charge in [-0.05, 0) is 54.7 Å². The highest BCUT2D eigenvalue weighted by Gasteiger charge is 2.49. The van der Waals surface area contributed by atoms with Crippen LogP contribution in [0.15, 0.2) is 84.9 Å². The molecule has 1 aliphatic heterocycles. The average molecular weight is 849 g/mol. The first kappa shape index (κ1) is 46.3. The van der Waals surface area contributed by atoms with E-state index in [4.69, 9.17) is 4.74 Å². The number of urea groups is 1. The molecule has 5 N–H and O–H groups in total. The van der Waals surface area contributed by atoms with Gasteiger partial charge in [0.25, 0.3) is 11.8 Å². The summed E-state index contributed by atoms with van der Waals surface area (Å²) in [6.45, 7) is 3.43. The average Bonchev–Trinajstić information content (AvgIpc) is 4.20. The van der Waals surface area contributed by atoms with Crippen molar-refractivity contribution in [2.24, 2.45) is 11.8 Å². The lowest BCUT2D eigenvalue weighted by molar-refractivity contribution is -0.133. The van der Waals surface area contributed by atoms with Crippen molar-refractivity contribution >= 4 is 29.7 Å². The van der Waals surface area contributed by atoms with Gasteiger partial charge in [-0.1, -0.05) is 132 Å². The molecule has 7 atom stereocenters. The second-order valence-corrected chi connectivity index (χ2v) is 17.5. The number of amides is 6. The molecule has 0 radical (unpaired) electrons. The Labute approximate surface area is 368 Å². The summed E-state index contributed by atoms with van der Waals surface area (Å²) in [5, 5.41) is 15.0. The van der Waals surface area contributed by atoms with E-state index in [1.807, 2.05) is 36.4 Å². The molecule has 12 heteroatoms. The fourth-order valence-corrected chi connectivity index (χ4v) is 8.77. The highest BCUT2D eigenvalue weighted by Crippen LogP contribution is 2.42. The van der Waals surface area contributed by atoms with Crippen molar-refractivity contribution in [2.45, 2.75) is 120 Å². The zero-order chi connectivity index (χ0) is 43.7. The van der Waals surface area contributed by atoms with Gasteiger partial charge in [0.1, 0.15) is 0 Å². The highest BCUT2D eigenvalue weighted by atomic mass is 16.5. The van der Waals surface area contributed by atoms with Crippen molar-refractivity contribution in [3.05, 3.63) is 107 Å². The maximum absolute atomic E-state index is 13.9. The SMILES string of the molecule is CCCCCCCCCCCCCNC(=O)N[C@@H](CNC(=O)c1ccc(C(=O)N2C[C@@H](C(=O)N[C@H]3C[C@@H]3c3ccccc3)[C@H](C(=O)N[C@H]3C[C@@H]3c3ccccc3)C2)cc1)COC. The maximum atomic E-state index is 13.9. The Balaban J connectivity index is 0.956. The van der Waals surface area contributed by atoms with E-state index in [1.54, 1.807) is 36.3 Å². The first-order valence-electron chi connectivity index (χ1n) is 23.2. The van der Waals surface area contributed by atoms with E-state index in [0.29, 0.717) is 17.7 Å². The third-order valence-corrected chi connectivity index (χ3v) is 12.6. The largest absolute Gasteiger partial charge is 0.382 e. The van der Waals surface area contributed by atoms with Crippen molar-refractivity contribution < 1.29 is 28.7 Å². The van der Waals surface area contributed by atoms with E-state index in [1.165, 1.54) is 68.9 Å². The minimum Gasteiger partial charge on any atom is -0.382 e. The van der Waals surface area contributed by atoms with Crippen molar-refractivity contribution in [1.82, 2.24) is 31.5 Å². The monoisotopic (exact) mass is 849 g/mol. The van der Waals surface area contributed by atoms with E-state index < -0.39 is 17.9 Å². The van der Waals surface area contributed by atoms with Crippen molar-refractivity contribution in [2.75, 3.05) is 39.9 Å². The number of carbonyl (C=O) groups is 5. The van der Waals surface area contributed by atoms with Crippen LogP contribution in [0.4, 0.5) is 4.79 Å². The first-order chi connectivity index (χ1) is 30.2. The van der Waals surface area contributed by atoms with Gasteiger partial charge >= 0.3 is 6.03 Å². The lowest BCUT2D eigenvalue weighted by atomic mass is 9.94. The van der Waals surface area contributed by atoms with Gasteiger partial charge in [0.15, 0.2) is 0 Å². The summed E-state index contributed by atoms with van der Waals surface area (Å²) in [6.07, 6.45) is 15.3. The molecule has 3 aliphatic rings. The van der Waals surface area contributed by atoms with Crippen LogP contribution in [-0.4, -0.2) is 92.6 Å². The van der Waals surface area contributed by atoms with Crippen LogP contribution in [0.2, 0.25) is 0 Å². The van der Waals surface area contributed by atoms with Gasteiger partial charge in [-0.3, -0.25) is 19.2 Å². The predicted molar refractivity (Wildman–Crippen MR) is 242 cm³/mol. The fraction of sp³-hybridized carbons (Fsp3) is 0.540. The predicted octanol–water partition coefficient (Wildman–Crippen LogP) is 7.07. The number of rotatable bonds is 25. The molecule has 62 heavy (non-hydrogen) atoms. The number of benzene rings is 3. The number of methoxy groups -OCH3 is 1. The number of hydrogen-bond acceptors (Lipinski definition) is 6. The lowest BCUT2D eigenvalue weighted by Crippen LogP contribution is -2.49. The second-order valence-electron chi connectivity index (χ2n) is 17.5. The summed E-state index contributed by atoms with van der Waals surface area (Å²) in [4.78, 5) is 68.9. The molecular weight excluding hydrogens is 781 g/mol. The third kappa shape index (κ3) is 13.9. The zero-order valence-electron chi connectivity index (χ0n) is 36.7. The zero-order valence-corrected chi connectivity index (χ0v) is 36.7. The lowest BCUT2D eigenvalue weighted by Gasteiger charge is -2.19. The molecule has 1 saturated heterocycles. The molecule has 2 saturated carbocycles. The molecule has 2 aliphatic carbocycles. The minimum absolute atomic E-state index is 0.00951. The Bertz CT molecular complexity index is 1820. The molecule has 3 fully saturated rings. The number of nitrogens with zero attached hydrogens (tertiary/aromatic N) is 1. The van der Waals surface area contributed by atoms with Gasteiger partial charge < -0.3 is 36.2 Å². The van der Waals surface area contributed by atoms with Crippen LogP contribution in [-0.2, 0) is 14.3 Å². The topological polar surface area (TPSA) is 158 Å². The van der Waals surface area contributed by atoms with Crippen molar-refractivity contribution in [1.29, 1.82) is 0 Å². The first-order valence-corrected chi connectivity index (χ1v) is 23.2. The second kappa shape index (κ2) is 23.8. The Morgan fingerprint density at radius 2 is 1.11 bits per heavy atom. The maximum Gasteiger partial charge on any atom is 0.315 e. The summed E-state index contributed by atoms with van der Waals surface area (Å²) in [6, 6.07) is 25.8. The Hall–Kier alpha value is -5.23. The molecule has 3 aromatic carbocycles.